The fourth-order valence-electron chi connectivity index (χ4n) is 4.57. The maximum atomic E-state index is 6.68. The molecule has 0 saturated carbocycles. The van der Waals surface area contributed by atoms with Crippen molar-refractivity contribution in [2.75, 3.05) is 13.1 Å². The molecule has 1 atom stereocenters. The summed E-state index contributed by atoms with van der Waals surface area (Å²) in [5.74, 6) is 1.04. The number of halogens is 1. The molecule has 4 nitrogen and oxygen atoms in total. The largest absolute Gasteiger partial charge is 0.466 e. The highest BCUT2D eigenvalue weighted by molar-refractivity contribution is 9.11. The zero-order valence-electron chi connectivity index (χ0n) is 15.7. The van der Waals surface area contributed by atoms with Crippen molar-refractivity contribution in [2.24, 2.45) is 5.10 Å². The minimum atomic E-state index is -0.319. The monoisotopic (exact) mass is 445 g/mol. The molecule has 1 aromatic heterocycles. The Morgan fingerprint density at radius 3 is 2.67 bits per heavy atom. The third kappa shape index (κ3) is 2.93. The van der Waals surface area contributed by atoms with E-state index in [1.807, 2.05) is 0 Å². The van der Waals surface area contributed by atoms with Gasteiger partial charge in [-0.2, -0.15) is 5.10 Å². The number of likely N-dealkylation sites (tertiary alicyclic amines) is 1. The van der Waals surface area contributed by atoms with Crippen molar-refractivity contribution in [1.29, 1.82) is 0 Å². The van der Waals surface area contributed by atoms with E-state index in [1.54, 1.807) is 11.3 Å². The van der Waals surface area contributed by atoms with Crippen LogP contribution in [0.1, 0.15) is 49.6 Å². The van der Waals surface area contributed by atoms with Gasteiger partial charge in [0, 0.05) is 44.0 Å². The first-order chi connectivity index (χ1) is 13.1. The van der Waals surface area contributed by atoms with E-state index < -0.39 is 0 Å². The van der Waals surface area contributed by atoms with Crippen LogP contribution in [0.2, 0.25) is 0 Å². The molecular weight excluding hydrogens is 422 g/mol. The van der Waals surface area contributed by atoms with Crippen LogP contribution >= 0.6 is 27.3 Å². The van der Waals surface area contributed by atoms with Crippen LogP contribution in [-0.4, -0.2) is 40.5 Å². The van der Waals surface area contributed by atoms with Gasteiger partial charge in [-0.1, -0.05) is 18.2 Å². The number of thiophene rings is 1. The Hall–Kier alpha value is -1.37. The van der Waals surface area contributed by atoms with Crippen LogP contribution in [0.15, 0.2) is 45.3 Å². The summed E-state index contributed by atoms with van der Waals surface area (Å²) in [4.78, 5) is 3.80. The van der Waals surface area contributed by atoms with Crippen molar-refractivity contribution in [1.82, 2.24) is 9.91 Å². The second-order valence-electron chi connectivity index (χ2n) is 7.93. The van der Waals surface area contributed by atoms with Crippen molar-refractivity contribution in [3.05, 3.63) is 50.6 Å². The highest BCUT2D eigenvalue weighted by Crippen LogP contribution is 2.50. The normalized spacial score (nSPS) is 23.9. The van der Waals surface area contributed by atoms with Crippen molar-refractivity contribution in [3.8, 4) is 5.75 Å². The third-order valence-corrected chi connectivity index (χ3v) is 7.75. The maximum absolute atomic E-state index is 6.68. The molecule has 6 heteroatoms. The first-order valence-electron chi connectivity index (χ1n) is 9.70. The molecule has 1 saturated heterocycles. The lowest BCUT2D eigenvalue weighted by Crippen LogP contribution is -2.59. The molecule has 2 aromatic rings. The molecule has 1 spiro atoms. The molecule has 0 bridgehead atoms. The van der Waals surface area contributed by atoms with Gasteiger partial charge in [0.1, 0.15) is 5.75 Å². The van der Waals surface area contributed by atoms with Crippen LogP contribution in [-0.2, 0) is 0 Å². The summed E-state index contributed by atoms with van der Waals surface area (Å²) in [7, 11) is 0. The molecule has 1 aromatic carbocycles. The van der Waals surface area contributed by atoms with E-state index in [1.165, 1.54) is 16.2 Å². The topological polar surface area (TPSA) is 28.1 Å². The van der Waals surface area contributed by atoms with E-state index in [-0.39, 0.29) is 11.8 Å². The van der Waals surface area contributed by atoms with Crippen LogP contribution < -0.4 is 4.74 Å². The number of hydrazone groups is 1. The number of hydrogen-bond donors (Lipinski definition) is 0. The SMILES string of the molecule is CC(C)N1CCC2(CC1)Oc1ccccc1C1CC(c3ccc(Br)s3)=NN12. The van der Waals surface area contributed by atoms with Crippen LogP contribution in [0, 0.1) is 0 Å². The predicted octanol–water partition coefficient (Wildman–Crippen LogP) is 5.25. The van der Waals surface area contributed by atoms with Crippen LogP contribution in [0.4, 0.5) is 0 Å². The molecular formula is C21H24BrN3OS. The first kappa shape index (κ1) is 17.7. The molecule has 4 heterocycles. The lowest BCUT2D eigenvalue weighted by molar-refractivity contribution is -0.152. The van der Waals surface area contributed by atoms with E-state index >= 15 is 0 Å². The second kappa shape index (κ2) is 6.61. The third-order valence-electron chi connectivity index (χ3n) is 6.07. The summed E-state index contributed by atoms with van der Waals surface area (Å²) in [5, 5.41) is 7.44. The van der Waals surface area contributed by atoms with Gasteiger partial charge >= 0.3 is 0 Å². The maximum Gasteiger partial charge on any atom is 0.200 e. The molecule has 0 amide bonds. The first-order valence-corrected chi connectivity index (χ1v) is 11.3. The zero-order valence-corrected chi connectivity index (χ0v) is 18.1. The van der Waals surface area contributed by atoms with Gasteiger partial charge in [-0.05, 0) is 48.0 Å². The molecule has 27 heavy (non-hydrogen) atoms. The number of piperidine rings is 1. The zero-order chi connectivity index (χ0) is 18.6. The van der Waals surface area contributed by atoms with Crippen molar-refractivity contribution < 1.29 is 4.74 Å². The summed E-state index contributed by atoms with van der Waals surface area (Å²) in [6, 6.07) is 13.7. The summed E-state index contributed by atoms with van der Waals surface area (Å²) in [6.07, 6.45) is 2.92. The van der Waals surface area contributed by atoms with Gasteiger partial charge in [0.25, 0.3) is 0 Å². The van der Waals surface area contributed by atoms with Gasteiger partial charge in [-0.25, -0.2) is 5.01 Å². The second-order valence-corrected chi connectivity index (χ2v) is 10.4. The Labute approximate surface area is 172 Å². The van der Waals surface area contributed by atoms with E-state index in [0.29, 0.717) is 6.04 Å². The summed E-state index contributed by atoms with van der Waals surface area (Å²) >= 11 is 5.35. The smallest absolute Gasteiger partial charge is 0.200 e. The molecule has 0 aliphatic carbocycles. The van der Waals surface area contributed by atoms with Gasteiger partial charge in [0.2, 0.25) is 5.72 Å². The molecule has 3 aliphatic heterocycles. The molecule has 3 aliphatic rings. The van der Waals surface area contributed by atoms with Crippen LogP contribution in [0.5, 0.6) is 5.75 Å². The molecule has 5 rings (SSSR count). The Balaban J connectivity index is 1.53. The molecule has 0 radical (unpaired) electrons. The van der Waals surface area contributed by atoms with Crippen LogP contribution in [0.3, 0.4) is 0 Å². The molecule has 1 unspecified atom stereocenters. The minimum absolute atomic E-state index is 0.274. The van der Waals surface area contributed by atoms with E-state index in [9.17, 15) is 0 Å². The summed E-state index contributed by atoms with van der Waals surface area (Å²) in [6.45, 7) is 6.66. The average molecular weight is 446 g/mol. The quantitative estimate of drug-likeness (QED) is 0.631. The minimum Gasteiger partial charge on any atom is -0.466 e. The van der Waals surface area contributed by atoms with E-state index in [4.69, 9.17) is 9.84 Å². The van der Waals surface area contributed by atoms with E-state index in [0.717, 1.165) is 41.9 Å². The van der Waals surface area contributed by atoms with Gasteiger partial charge < -0.3 is 9.64 Å². The van der Waals surface area contributed by atoms with Crippen molar-refractivity contribution in [2.45, 2.75) is 50.9 Å². The number of para-hydroxylation sites is 1. The van der Waals surface area contributed by atoms with Gasteiger partial charge in [0.05, 0.1) is 20.4 Å². The van der Waals surface area contributed by atoms with Crippen molar-refractivity contribution >= 4 is 33.0 Å². The number of hydrogen-bond acceptors (Lipinski definition) is 5. The number of ether oxygens (including phenoxy) is 1. The Bertz CT molecular complexity index is 885. The van der Waals surface area contributed by atoms with Gasteiger partial charge in [-0.3, -0.25) is 0 Å². The lowest BCUT2D eigenvalue weighted by Gasteiger charge is -2.51. The Kier molecular flexibility index (Phi) is 4.33. The van der Waals surface area contributed by atoms with Crippen LogP contribution in [0.25, 0.3) is 0 Å². The van der Waals surface area contributed by atoms with Gasteiger partial charge in [0.15, 0.2) is 0 Å². The lowest BCUT2D eigenvalue weighted by atomic mass is 9.91. The fraction of sp³-hybridized carbons (Fsp3) is 0.476. The standard InChI is InChI=1S/C21H24BrN3OS/c1-14(2)24-11-9-21(10-12-24)25-17(15-5-3-4-6-18(15)26-21)13-16(23-25)19-7-8-20(22)27-19/h3-8,14,17H,9-13H2,1-2H3. The van der Waals surface area contributed by atoms with Gasteiger partial charge in [-0.15, -0.1) is 11.3 Å². The molecule has 142 valence electrons. The Morgan fingerprint density at radius 2 is 1.96 bits per heavy atom. The van der Waals surface area contributed by atoms with Crippen molar-refractivity contribution in [3.63, 3.8) is 0 Å². The Morgan fingerprint density at radius 1 is 1.19 bits per heavy atom. The number of nitrogens with zero attached hydrogens (tertiary/aromatic N) is 3. The molecule has 0 N–H and O–H groups in total. The predicted molar refractivity (Wildman–Crippen MR) is 113 cm³/mol. The fourth-order valence-corrected chi connectivity index (χ4v) is 5.95. The number of rotatable bonds is 2. The number of benzene rings is 1. The highest BCUT2D eigenvalue weighted by Gasteiger charge is 2.51. The summed E-state index contributed by atoms with van der Waals surface area (Å²) < 4.78 is 7.83. The van der Waals surface area contributed by atoms with E-state index in [2.05, 4.69) is 76.1 Å². The molecule has 1 fully saturated rings. The average Bonchev–Trinajstić information content (AvgIpc) is 3.29. The summed E-state index contributed by atoms with van der Waals surface area (Å²) in [5.41, 5.74) is 2.13. The highest BCUT2D eigenvalue weighted by atomic mass is 79.9. The number of fused-ring (bicyclic) bond motifs is 4.